The van der Waals surface area contributed by atoms with Gasteiger partial charge in [0, 0.05) is 182 Å². The molecule has 1 saturated carbocycles. The van der Waals surface area contributed by atoms with Crippen molar-refractivity contribution in [1.82, 2.24) is 34.9 Å². The summed E-state index contributed by atoms with van der Waals surface area (Å²) in [7, 11) is 0. The minimum absolute atomic E-state index is 0.0731. The average Bonchev–Trinajstić information content (AvgIpc) is 0.919. The second-order valence-corrected chi connectivity index (χ2v) is 39.5. The van der Waals surface area contributed by atoms with E-state index in [1.54, 1.807) is 37.3 Å². The highest BCUT2D eigenvalue weighted by Gasteiger charge is 2.42. The number of nitrogens with one attached hydrogen (secondary N) is 7. The number of hydrogen-bond donors (Lipinski definition) is 11. The number of aryl methyl sites for hydroxylation is 1. The number of benzene rings is 8. The van der Waals surface area contributed by atoms with Gasteiger partial charge in [-0.2, -0.15) is 0 Å². The van der Waals surface area contributed by atoms with E-state index < -0.39 is 18.3 Å². The predicted molar refractivity (Wildman–Crippen MR) is 560 cm³/mol. The number of anilines is 12. The van der Waals surface area contributed by atoms with Crippen LogP contribution in [0, 0.1) is 6.92 Å². The summed E-state index contributed by atoms with van der Waals surface area (Å²) in [6.45, 7) is 14.3. The molecule has 9 aromatic heterocycles. The number of aromatic nitrogens is 7. The summed E-state index contributed by atoms with van der Waals surface area (Å²) in [4.78, 5) is 37.4. The van der Waals surface area contributed by atoms with E-state index in [2.05, 4.69) is 284 Å². The van der Waals surface area contributed by atoms with Crippen molar-refractivity contribution in [3.05, 3.63) is 334 Å². The van der Waals surface area contributed by atoms with Crippen molar-refractivity contribution in [2.45, 2.75) is 166 Å². The standard InChI is InChI=1S/C30H28N4O3.C30H34N4O2.C29H32N4O2.C26H25N3O2S/c35-27-8-6-23-25(9-12-31-30(23)27)33-21-5-7-26-28(15-21)37-29(20-11-14-36-18-20)17-34(26)13-10-19-16-32-24-4-2-1-3-22(19)24;1-21-6-5-7-26-22(18-32-29(21)26)11-15-34-20-30(12-3-2-4-13-30)36-28-17-23(8-9-27(28)34)33-24-10-14-31-25(16-24)19-35;1-3-29(2)18-33(15-13-19-17-31-23-7-5-4-6-21(19)23)25-10-8-20(16-27(25)35-29)32-24-12-14-30-28-22(24)9-11-26(28)34;30-23-8-6-20-21(9-11-27-26(20)23)28-18-5-7-22-24(15-18)31-14-13-29(22)12-10-17-16-32-25-4-2-1-3-19(17)25/h1-5,7,9,11-12,14-16,18,27,29,32,35H,6,8,10,13,17H2,(H,31,33);5-10,14,16-18,32,35H,2-4,11-13,15,19-20H2,1H3,(H,31,33);4-8,10,12,14,16-17,26,31,34H,3,9,11,13,15,18H2,1-2H3,(H,30,32);1-5,7,9,11,15-16,23,30H,6,8,10,12-14H2,(H,27,28). The number of para-hydroxylation sites is 3. The monoisotopic (exact) mass is 1890 g/mol. The van der Waals surface area contributed by atoms with Gasteiger partial charge in [0.25, 0.3) is 0 Å². The number of rotatable bonds is 23. The Morgan fingerprint density at radius 3 is 1.57 bits per heavy atom. The lowest BCUT2D eigenvalue weighted by atomic mass is 9.83. The van der Waals surface area contributed by atoms with E-state index in [0.717, 1.165) is 254 Å². The highest BCUT2D eigenvalue weighted by molar-refractivity contribution is 7.17. The number of nitrogens with zero attached hydrogens (tertiary/aromatic N) is 8. The highest BCUT2D eigenvalue weighted by atomic mass is 32.1. The number of fused-ring (bicyclic) bond motifs is 11. The largest absolute Gasteiger partial charge is 0.489 e. The molecule has 8 aliphatic rings. The summed E-state index contributed by atoms with van der Waals surface area (Å²) in [6.07, 6.45) is 30.9. The third kappa shape index (κ3) is 19.2. The third-order valence-electron chi connectivity index (χ3n) is 29.4. The molecular weight excluding hydrogens is 1770 g/mol. The Kier molecular flexibility index (Phi) is 25.9. The first-order valence-corrected chi connectivity index (χ1v) is 50.5. The SMILES string of the molecule is CCC1(C)CN(CCc2c[nH]c3ccccc23)c2ccc(Nc3ccnc4c3CCC4O)cc2O1.Cc1cccc2c(CCN3CC4(CCCCC4)Oc4cc(Nc5ccnc(CO)c5)ccc43)c[nH]c12.OC1CCc2c(Nc3ccc4c(c3)OC(c3ccoc3)CN4CCc3c[nH]c4ccccc34)ccnc21.OC1CCc2c(Nc3ccc4c(c3)OCCN4CCc3csc4ccccc34)ccnc21. The van der Waals surface area contributed by atoms with E-state index in [1.165, 1.54) is 95.6 Å². The van der Waals surface area contributed by atoms with Gasteiger partial charge >= 0.3 is 0 Å². The summed E-state index contributed by atoms with van der Waals surface area (Å²) in [5.41, 5.74) is 29.7. The molecule has 25 heteroatoms. The minimum Gasteiger partial charge on any atom is -0.489 e. The second kappa shape index (κ2) is 39.9. The van der Waals surface area contributed by atoms with Crippen LogP contribution in [0.15, 0.2) is 266 Å². The molecule has 8 aromatic carbocycles. The minimum atomic E-state index is -0.481. The first kappa shape index (κ1) is 90.8. The second-order valence-electron chi connectivity index (χ2n) is 38.6. The van der Waals surface area contributed by atoms with Crippen LogP contribution in [0.2, 0.25) is 0 Å². The number of hydrogen-bond acceptors (Lipinski definition) is 22. The molecule has 1 spiro atoms. The van der Waals surface area contributed by atoms with Crippen LogP contribution < -0.4 is 59.8 Å². The molecule has 1 fully saturated rings. The number of aliphatic hydroxyl groups is 4. The number of ether oxygens (including phenoxy) is 4. The molecule has 0 amide bonds. The van der Waals surface area contributed by atoms with Gasteiger partial charge in [0.2, 0.25) is 0 Å². The summed E-state index contributed by atoms with van der Waals surface area (Å²) in [6, 6.07) is 69.3. The van der Waals surface area contributed by atoms with Crippen LogP contribution in [0.5, 0.6) is 23.0 Å². The molecular formula is C115H119N15O9S. The normalized spacial score (nSPS) is 18.3. The molecule has 4 aliphatic carbocycles. The average molecular weight is 1890 g/mol. The van der Waals surface area contributed by atoms with Gasteiger partial charge in [-0.3, -0.25) is 19.9 Å². The van der Waals surface area contributed by atoms with Crippen LogP contribution >= 0.6 is 11.3 Å². The van der Waals surface area contributed by atoms with Gasteiger partial charge in [0.15, 0.2) is 0 Å². The zero-order chi connectivity index (χ0) is 94.8. The van der Waals surface area contributed by atoms with Gasteiger partial charge < -0.3 is 99.6 Å². The van der Waals surface area contributed by atoms with Crippen molar-refractivity contribution in [3.63, 3.8) is 0 Å². The number of furan rings is 1. The van der Waals surface area contributed by atoms with Crippen molar-refractivity contribution in [1.29, 1.82) is 0 Å². The van der Waals surface area contributed by atoms with Crippen LogP contribution in [0.3, 0.4) is 0 Å². The lowest BCUT2D eigenvalue weighted by Crippen LogP contribution is -2.52. The number of aromatic amines is 3. The van der Waals surface area contributed by atoms with E-state index in [0.29, 0.717) is 18.7 Å². The molecule has 0 bridgehead atoms. The third-order valence-corrected chi connectivity index (χ3v) is 30.4. The molecule has 714 valence electrons. The van der Waals surface area contributed by atoms with E-state index in [9.17, 15) is 20.4 Å². The van der Waals surface area contributed by atoms with Crippen molar-refractivity contribution in [2.24, 2.45) is 0 Å². The Bertz CT molecular complexity index is 7310. The van der Waals surface area contributed by atoms with E-state index in [-0.39, 0.29) is 23.9 Å². The molecule has 5 atom stereocenters. The summed E-state index contributed by atoms with van der Waals surface area (Å²) in [5, 5.41) is 61.6. The molecule has 0 radical (unpaired) electrons. The Hall–Kier alpha value is -14.3. The van der Waals surface area contributed by atoms with Crippen LogP contribution in [0.25, 0.3) is 42.8 Å². The lowest BCUT2D eigenvalue weighted by molar-refractivity contribution is 0.0286. The van der Waals surface area contributed by atoms with Gasteiger partial charge in [0.05, 0.1) is 109 Å². The van der Waals surface area contributed by atoms with E-state index in [1.807, 2.05) is 47.7 Å². The Balaban J connectivity index is 0.000000107. The van der Waals surface area contributed by atoms with Crippen LogP contribution in [0.1, 0.15) is 169 Å². The van der Waals surface area contributed by atoms with Gasteiger partial charge in [0.1, 0.15) is 46.9 Å². The highest BCUT2D eigenvalue weighted by Crippen LogP contribution is 2.49. The summed E-state index contributed by atoms with van der Waals surface area (Å²) < 4.78 is 32.6. The van der Waals surface area contributed by atoms with E-state index in [4.69, 9.17) is 23.4 Å². The predicted octanol–water partition coefficient (Wildman–Crippen LogP) is 23.7. The maximum absolute atomic E-state index is 10.2. The number of aliphatic hydroxyl groups excluding tert-OH is 4. The quantitative estimate of drug-likeness (QED) is 0.0284. The van der Waals surface area contributed by atoms with Crippen LogP contribution in [-0.2, 0) is 51.6 Å². The van der Waals surface area contributed by atoms with Gasteiger partial charge in [-0.25, -0.2) is 0 Å². The van der Waals surface area contributed by atoms with Crippen molar-refractivity contribution >= 4 is 122 Å². The first-order valence-electron chi connectivity index (χ1n) is 49.6. The van der Waals surface area contributed by atoms with Crippen LogP contribution in [0.4, 0.5) is 68.2 Å². The van der Waals surface area contributed by atoms with Crippen LogP contribution in [-0.4, -0.2) is 125 Å². The first-order chi connectivity index (χ1) is 68.6. The lowest BCUT2D eigenvalue weighted by Gasteiger charge is -2.46. The van der Waals surface area contributed by atoms with Gasteiger partial charge in [-0.05, 0) is 269 Å². The Morgan fingerprint density at radius 1 is 0.471 bits per heavy atom. The zero-order valence-electron chi connectivity index (χ0n) is 79.3. The number of pyridine rings is 4. The molecule has 140 heavy (non-hydrogen) atoms. The molecule has 5 unspecified atom stereocenters. The number of thiophene rings is 1. The molecule has 13 heterocycles. The number of H-pyrrole nitrogens is 3. The maximum atomic E-state index is 10.2. The van der Waals surface area contributed by atoms with Gasteiger partial charge in [-0.1, -0.05) is 86.1 Å². The molecule has 11 N–H and O–H groups in total. The topological polar surface area (TPSA) is 291 Å². The van der Waals surface area contributed by atoms with Crippen molar-refractivity contribution in [3.8, 4) is 23.0 Å². The zero-order valence-corrected chi connectivity index (χ0v) is 80.2. The Labute approximate surface area is 818 Å². The molecule has 4 aliphatic heterocycles. The molecule has 25 rings (SSSR count). The fourth-order valence-corrected chi connectivity index (χ4v) is 22.8. The Morgan fingerprint density at radius 2 is 0.971 bits per heavy atom. The maximum Gasteiger partial charge on any atom is 0.145 e. The van der Waals surface area contributed by atoms with Crippen molar-refractivity contribution in [2.75, 3.05) is 99.8 Å². The fraction of sp³-hybridized carbons (Fsp3) is 0.304. The molecule has 24 nitrogen and oxygen atoms in total. The molecule has 17 aromatic rings. The smallest absolute Gasteiger partial charge is 0.145 e. The van der Waals surface area contributed by atoms with Crippen molar-refractivity contribution < 1.29 is 43.8 Å². The van der Waals surface area contributed by atoms with E-state index >= 15 is 0 Å². The fourth-order valence-electron chi connectivity index (χ4n) is 21.8. The summed E-state index contributed by atoms with van der Waals surface area (Å²) >= 11 is 1.83. The van der Waals surface area contributed by atoms with Gasteiger partial charge in [-0.15, -0.1) is 11.3 Å². The molecule has 0 saturated heterocycles. The summed E-state index contributed by atoms with van der Waals surface area (Å²) in [5.74, 6) is 3.63.